The van der Waals surface area contributed by atoms with E-state index >= 15 is 0 Å². The zero-order valence-electron chi connectivity index (χ0n) is 10.8. The molecule has 1 atom stereocenters. The van der Waals surface area contributed by atoms with Crippen molar-refractivity contribution >= 4 is 40.4 Å². The lowest BCUT2D eigenvalue weighted by molar-refractivity contribution is -0.115. The van der Waals surface area contributed by atoms with Crippen molar-refractivity contribution < 1.29 is 4.79 Å². The molecule has 0 aliphatic rings. The number of nitrogen functional groups attached to an aromatic ring is 1. The molecule has 3 nitrogen and oxygen atoms in total. The van der Waals surface area contributed by atoms with Crippen LogP contribution < -0.4 is 11.1 Å². The van der Waals surface area contributed by atoms with Crippen molar-refractivity contribution in [1.29, 1.82) is 0 Å². The van der Waals surface area contributed by atoms with E-state index in [2.05, 4.69) is 5.32 Å². The van der Waals surface area contributed by atoms with Crippen LogP contribution in [0.4, 0.5) is 11.4 Å². The van der Waals surface area contributed by atoms with E-state index in [-0.39, 0.29) is 11.2 Å². The molecule has 0 bridgehead atoms. The molecule has 1 aromatic carbocycles. The molecule has 2 aromatic rings. The minimum atomic E-state index is -0.139. The van der Waals surface area contributed by atoms with Crippen molar-refractivity contribution in [3.05, 3.63) is 41.3 Å². The molecule has 100 valence electrons. The van der Waals surface area contributed by atoms with Crippen molar-refractivity contribution in [1.82, 2.24) is 0 Å². The number of aryl methyl sites for hydroxylation is 1. The van der Waals surface area contributed by atoms with Crippen LogP contribution in [0.3, 0.4) is 0 Å². The normalized spacial score (nSPS) is 12.1. The molecule has 1 unspecified atom stereocenters. The summed E-state index contributed by atoms with van der Waals surface area (Å²) in [6, 6.07) is 9.52. The van der Waals surface area contributed by atoms with Crippen LogP contribution >= 0.6 is 23.1 Å². The van der Waals surface area contributed by atoms with Gasteiger partial charge in [0.05, 0.1) is 9.46 Å². The third-order valence-corrected chi connectivity index (χ3v) is 4.85. The van der Waals surface area contributed by atoms with E-state index in [0.29, 0.717) is 5.69 Å². The Balaban J connectivity index is 2.02. The van der Waals surface area contributed by atoms with E-state index in [1.165, 1.54) is 0 Å². The van der Waals surface area contributed by atoms with Crippen molar-refractivity contribution in [2.75, 3.05) is 11.1 Å². The van der Waals surface area contributed by atoms with E-state index < -0.39 is 0 Å². The largest absolute Gasteiger partial charge is 0.399 e. The van der Waals surface area contributed by atoms with E-state index in [1.54, 1.807) is 29.2 Å². The zero-order chi connectivity index (χ0) is 13.8. The standard InChI is InChI=1S/C14H16N2OS2/c1-9-5-6-11(15)8-12(9)16-14(17)10(2)19-13-4-3-7-18-13/h3-8,10H,15H2,1-2H3,(H,16,17). The SMILES string of the molecule is Cc1ccc(N)cc1NC(=O)C(C)Sc1cccs1. The highest BCUT2D eigenvalue weighted by Gasteiger charge is 2.15. The molecule has 0 aliphatic carbocycles. The molecule has 1 heterocycles. The highest BCUT2D eigenvalue weighted by Crippen LogP contribution is 2.28. The summed E-state index contributed by atoms with van der Waals surface area (Å²) in [4.78, 5) is 12.1. The number of thiophene rings is 1. The number of hydrogen-bond donors (Lipinski definition) is 2. The summed E-state index contributed by atoms with van der Waals surface area (Å²) < 4.78 is 1.15. The van der Waals surface area contributed by atoms with Gasteiger partial charge in [-0.25, -0.2) is 0 Å². The summed E-state index contributed by atoms with van der Waals surface area (Å²) in [5.74, 6) is -0.00731. The maximum absolute atomic E-state index is 12.1. The summed E-state index contributed by atoms with van der Waals surface area (Å²) in [5.41, 5.74) is 8.18. The molecule has 1 amide bonds. The second-order valence-corrected chi connectivity index (χ2v) is 6.84. The third kappa shape index (κ3) is 3.75. The first-order valence-electron chi connectivity index (χ1n) is 5.93. The van der Waals surface area contributed by atoms with Gasteiger partial charge in [-0.2, -0.15) is 0 Å². The molecule has 0 saturated carbocycles. The van der Waals surface area contributed by atoms with Crippen molar-refractivity contribution in [2.24, 2.45) is 0 Å². The third-order valence-electron chi connectivity index (χ3n) is 2.68. The number of nitrogens with one attached hydrogen (secondary N) is 1. The van der Waals surface area contributed by atoms with Crippen LogP contribution in [-0.4, -0.2) is 11.2 Å². The quantitative estimate of drug-likeness (QED) is 0.666. The van der Waals surface area contributed by atoms with Gasteiger partial charge in [0.25, 0.3) is 0 Å². The van der Waals surface area contributed by atoms with Crippen molar-refractivity contribution in [2.45, 2.75) is 23.3 Å². The molecule has 1 aromatic heterocycles. The summed E-state index contributed by atoms with van der Waals surface area (Å²) in [7, 11) is 0. The average molecular weight is 292 g/mol. The van der Waals surface area contributed by atoms with E-state index in [0.717, 1.165) is 15.5 Å². The Morgan fingerprint density at radius 2 is 2.21 bits per heavy atom. The van der Waals surface area contributed by atoms with Gasteiger partial charge in [-0.05, 0) is 43.0 Å². The average Bonchev–Trinajstić information content (AvgIpc) is 2.86. The van der Waals surface area contributed by atoms with Crippen LogP contribution in [0.2, 0.25) is 0 Å². The Bertz CT molecular complexity index is 567. The predicted molar refractivity (Wildman–Crippen MR) is 83.9 cm³/mol. The number of benzene rings is 1. The number of rotatable bonds is 4. The molecule has 2 rings (SSSR count). The van der Waals surface area contributed by atoms with Crippen LogP contribution in [0.15, 0.2) is 39.9 Å². The maximum Gasteiger partial charge on any atom is 0.237 e. The summed E-state index contributed by atoms with van der Waals surface area (Å²) in [6.45, 7) is 3.85. The first-order chi connectivity index (χ1) is 9.06. The van der Waals surface area contributed by atoms with Gasteiger partial charge < -0.3 is 11.1 Å². The summed E-state index contributed by atoms with van der Waals surface area (Å²) in [5, 5.41) is 4.80. The summed E-state index contributed by atoms with van der Waals surface area (Å²) >= 11 is 3.21. The molecule has 19 heavy (non-hydrogen) atoms. The fourth-order valence-corrected chi connectivity index (χ4v) is 3.51. The number of amides is 1. The Labute approximate surface area is 121 Å². The molecule has 5 heteroatoms. The second-order valence-electron chi connectivity index (χ2n) is 4.26. The number of thioether (sulfide) groups is 1. The molecule has 0 fully saturated rings. The van der Waals surface area contributed by atoms with Gasteiger partial charge in [-0.1, -0.05) is 12.1 Å². The first-order valence-corrected chi connectivity index (χ1v) is 7.69. The lowest BCUT2D eigenvalue weighted by atomic mass is 10.2. The smallest absolute Gasteiger partial charge is 0.237 e. The van der Waals surface area contributed by atoms with Crippen LogP contribution in [0.1, 0.15) is 12.5 Å². The Morgan fingerprint density at radius 1 is 1.42 bits per heavy atom. The Kier molecular flexibility index (Phi) is 4.50. The molecular weight excluding hydrogens is 276 g/mol. The lowest BCUT2D eigenvalue weighted by Gasteiger charge is -2.13. The van der Waals surface area contributed by atoms with Gasteiger partial charge in [0.1, 0.15) is 0 Å². The zero-order valence-corrected chi connectivity index (χ0v) is 12.5. The van der Waals surface area contributed by atoms with Gasteiger partial charge in [-0.3, -0.25) is 4.79 Å². The molecule has 0 aliphatic heterocycles. The monoisotopic (exact) mass is 292 g/mol. The van der Waals surface area contributed by atoms with E-state index in [1.807, 2.05) is 43.5 Å². The maximum atomic E-state index is 12.1. The molecular formula is C14H16N2OS2. The molecule has 0 saturated heterocycles. The van der Waals surface area contributed by atoms with Crippen LogP contribution in [-0.2, 0) is 4.79 Å². The van der Waals surface area contributed by atoms with Gasteiger partial charge in [0.2, 0.25) is 5.91 Å². The van der Waals surface area contributed by atoms with Crippen LogP contribution in [0, 0.1) is 6.92 Å². The van der Waals surface area contributed by atoms with Crippen molar-refractivity contribution in [3.63, 3.8) is 0 Å². The van der Waals surface area contributed by atoms with Crippen molar-refractivity contribution in [3.8, 4) is 0 Å². The second kappa shape index (κ2) is 6.12. The number of carbonyl (C=O) groups is 1. The minimum absolute atomic E-state index is 0.00731. The van der Waals surface area contributed by atoms with E-state index in [9.17, 15) is 4.79 Å². The number of carbonyl (C=O) groups excluding carboxylic acids is 1. The number of nitrogens with two attached hydrogens (primary N) is 1. The van der Waals surface area contributed by atoms with Gasteiger partial charge in [-0.15, -0.1) is 23.1 Å². The predicted octanol–water partition coefficient (Wildman–Crippen LogP) is 3.76. The van der Waals surface area contributed by atoms with Crippen LogP contribution in [0.5, 0.6) is 0 Å². The molecule has 0 spiro atoms. The van der Waals surface area contributed by atoms with Crippen LogP contribution in [0.25, 0.3) is 0 Å². The Hall–Kier alpha value is -1.46. The molecule has 3 N–H and O–H groups in total. The summed E-state index contributed by atoms with van der Waals surface area (Å²) in [6.07, 6.45) is 0. The minimum Gasteiger partial charge on any atom is -0.399 e. The first kappa shape index (κ1) is 14.0. The Morgan fingerprint density at radius 3 is 2.89 bits per heavy atom. The molecule has 0 radical (unpaired) electrons. The number of hydrogen-bond acceptors (Lipinski definition) is 4. The highest BCUT2D eigenvalue weighted by molar-refractivity contribution is 8.02. The topological polar surface area (TPSA) is 55.1 Å². The fraction of sp³-hybridized carbons (Fsp3) is 0.214. The number of anilines is 2. The highest BCUT2D eigenvalue weighted by atomic mass is 32.2. The van der Waals surface area contributed by atoms with Gasteiger partial charge in [0, 0.05) is 11.4 Å². The lowest BCUT2D eigenvalue weighted by Crippen LogP contribution is -2.22. The van der Waals surface area contributed by atoms with Gasteiger partial charge in [0.15, 0.2) is 0 Å². The van der Waals surface area contributed by atoms with Gasteiger partial charge >= 0.3 is 0 Å². The fourth-order valence-electron chi connectivity index (χ4n) is 1.57. The van der Waals surface area contributed by atoms with E-state index in [4.69, 9.17) is 5.73 Å².